The Hall–Kier alpha value is -3.43. The fourth-order valence-electron chi connectivity index (χ4n) is 2.59. The molecular weight excluding hydrogens is 431 g/mol. The van der Waals surface area contributed by atoms with Crippen LogP contribution in [-0.4, -0.2) is 31.1 Å². The summed E-state index contributed by atoms with van der Waals surface area (Å²) in [5.74, 6) is -0.682. The number of ether oxygens (including phenoxy) is 4. The minimum absolute atomic E-state index is 0.0885. The van der Waals surface area contributed by atoms with Crippen molar-refractivity contribution in [3.63, 3.8) is 0 Å². The van der Waals surface area contributed by atoms with E-state index in [4.69, 9.17) is 9.47 Å². The third-order valence-corrected chi connectivity index (χ3v) is 3.76. The Morgan fingerprint density at radius 2 is 1.66 bits per heavy atom. The van der Waals surface area contributed by atoms with E-state index in [1.54, 1.807) is 39.0 Å². The molecule has 0 saturated carbocycles. The molecule has 2 aromatic carbocycles. The Morgan fingerprint density at radius 3 is 2.28 bits per heavy atom. The number of alkyl carbamates (subject to hydrolysis) is 1. The van der Waals surface area contributed by atoms with Crippen molar-refractivity contribution in [3.05, 3.63) is 59.2 Å². The molecule has 0 unspecified atom stereocenters. The standard InChI is InChI=1S/C22H24F3NO6/c1-21(2,3)32-20(28)26-12-14-8-15(10-18(9-14)31-22(23,24)25)13-30-17-7-5-6-16(11-17)19(27)29-4/h5-11H,12-13H2,1-4H3,(H,26,28). The monoisotopic (exact) mass is 455 g/mol. The molecule has 2 rings (SSSR count). The molecule has 0 aliphatic heterocycles. The molecule has 0 fully saturated rings. The quantitative estimate of drug-likeness (QED) is 0.594. The van der Waals surface area contributed by atoms with E-state index in [0.717, 1.165) is 6.07 Å². The predicted molar refractivity (Wildman–Crippen MR) is 108 cm³/mol. The summed E-state index contributed by atoms with van der Waals surface area (Å²) in [7, 11) is 1.24. The second-order valence-electron chi connectivity index (χ2n) is 7.70. The van der Waals surface area contributed by atoms with Crippen molar-refractivity contribution in [1.82, 2.24) is 5.32 Å². The van der Waals surface area contributed by atoms with Crippen molar-refractivity contribution in [2.45, 2.75) is 45.9 Å². The van der Waals surface area contributed by atoms with Crippen LogP contribution in [0.1, 0.15) is 42.3 Å². The number of carbonyl (C=O) groups is 2. The molecule has 174 valence electrons. The second kappa shape index (κ2) is 10.3. The minimum Gasteiger partial charge on any atom is -0.489 e. The number of carbonyl (C=O) groups excluding carboxylic acids is 2. The Labute approximate surface area is 183 Å². The maximum atomic E-state index is 12.7. The van der Waals surface area contributed by atoms with Gasteiger partial charge in [0.05, 0.1) is 12.7 Å². The first-order valence-electron chi connectivity index (χ1n) is 9.51. The summed E-state index contributed by atoms with van der Waals surface area (Å²) < 4.78 is 57.6. The molecule has 32 heavy (non-hydrogen) atoms. The van der Waals surface area contributed by atoms with Gasteiger partial charge in [-0.2, -0.15) is 0 Å². The van der Waals surface area contributed by atoms with E-state index >= 15 is 0 Å². The Kier molecular flexibility index (Phi) is 7.96. The molecule has 0 spiro atoms. The van der Waals surface area contributed by atoms with Gasteiger partial charge in [-0.15, -0.1) is 13.2 Å². The topological polar surface area (TPSA) is 83.1 Å². The highest BCUT2D eigenvalue weighted by molar-refractivity contribution is 5.89. The molecule has 0 bridgehead atoms. The number of hydrogen-bond donors (Lipinski definition) is 1. The van der Waals surface area contributed by atoms with E-state index < -0.39 is 29.8 Å². The molecule has 0 aliphatic carbocycles. The highest BCUT2D eigenvalue weighted by Gasteiger charge is 2.31. The first-order chi connectivity index (χ1) is 14.8. The summed E-state index contributed by atoms with van der Waals surface area (Å²) in [5, 5.41) is 2.48. The molecule has 0 aromatic heterocycles. The lowest BCUT2D eigenvalue weighted by Gasteiger charge is -2.20. The van der Waals surface area contributed by atoms with Crippen LogP contribution in [-0.2, 0) is 22.6 Å². The lowest BCUT2D eigenvalue weighted by atomic mass is 10.1. The number of methoxy groups -OCH3 is 1. The summed E-state index contributed by atoms with van der Waals surface area (Å²) in [5.41, 5.74) is 0.250. The Balaban J connectivity index is 2.16. The Morgan fingerprint density at radius 1 is 0.969 bits per heavy atom. The molecule has 1 N–H and O–H groups in total. The molecule has 0 atom stereocenters. The highest BCUT2D eigenvalue weighted by atomic mass is 19.4. The molecule has 7 nitrogen and oxygen atoms in total. The van der Waals surface area contributed by atoms with E-state index in [-0.39, 0.29) is 18.7 Å². The molecule has 0 radical (unpaired) electrons. The lowest BCUT2D eigenvalue weighted by Crippen LogP contribution is -2.32. The molecule has 1 amide bonds. The van der Waals surface area contributed by atoms with Crippen molar-refractivity contribution in [3.8, 4) is 11.5 Å². The van der Waals surface area contributed by atoms with Gasteiger partial charge in [0.15, 0.2) is 0 Å². The predicted octanol–water partition coefficient (Wildman–Crippen LogP) is 4.98. The number of halogens is 3. The maximum absolute atomic E-state index is 12.7. The molecule has 0 heterocycles. The molecule has 0 aliphatic rings. The van der Waals surface area contributed by atoms with Crippen LogP contribution in [0.15, 0.2) is 42.5 Å². The number of esters is 1. The van der Waals surface area contributed by atoms with Gasteiger partial charge in [-0.1, -0.05) is 12.1 Å². The van der Waals surface area contributed by atoms with Gasteiger partial charge in [-0.25, -0.2) is 9.59 Å². The van der Waals surface area contributed by atoms with E-state index in [9.17, 15) is 22.8 Å². The van der Waals surface area contributed by atoms with Crippen LogP contribution < -0.4 is 14.8 Å². The van der Waals surface area contributed by atoms with Crippen LogP contribution >= 0.6 is 0 Å². The number of nitrogens with one attached hydrogen (secondary N) is 1. The van der Waals surface area contributed by atoms with Crippen LogP contribution in [0.2, 0.25) is 0 Å². The van der Waals surface area contributed by atoms with Gasteiger partial charge in [0.2, 0.25) is 0 Å². The molecule has 2 aromatic rings. The van der Waals surface area contributed by atoms with Crippen LogP contribution in [0, 0.1) is 0 Å². The first kappa shape index (κ1) is 24.8. The van der Waals surface area contributed by atoms with Crippen molar-refractivity contribution < 1.29 is 41.7 Å². The summed E-state index contributed by atoms with van der Waals surface area (Å²) in [6.45, 7) is 4.87. The second-order valence-corrected chi connectivity index (χ2v) is 7.70. The van der Waals surface area contributed by atoms with Gasteiger partial charge in [0.25, 0.3) is 0 Å². The van der Waals surface area contributed by atoms with E-state index in [1.807, 2.05) is 0 Å². The Bertz CT molecular complexity index is 953. The average molecular weight is 455 g/mol. The third kappa shape index (κ3) is 8.75. The number of hydrogen-bond acceptors (Lipinski definition) is 6. The highest BCUT2D eigenvalue weighted by Crippen LogP contribution is 2.26. The third-order valence-electron chi connectivity index (χ3n) is 3.76. The van der Waals surface area contributed by atoms with Gasteiger partial charge in [0.1, 0.15) is 23.7 Å². The number of benzene rings is 2. The van der Waals surface area contributed by atoms with Gasteiger partial charge < -0.3 is 24.3 Å². The van der Waals surface area contributed by atoms with Crippen LogP contribution in [0.25, 0.3) is 0 Å². The van der Waals surface area contributed by atoms with E-state index in [0.29, 0.717) is 16.9 Å². The van der Waals surface area contributed by atoms with E-state index in [1.165, 1.54) is 25.3 Å². The summed E-state index contributed by atoms with van der Waals surface area (Å²) in [4.78, 5) is 23.5. The number of rotatable bonds is 7. The van der Waals surface area contributed by atoms with Gasteiger partial charge in [0, 0.05) is 6.54 Å². The summed E-state index contributed by atoms with van der Waals surface area (Å²) in [6.07, 6.45) is -5.60. The fourth-order valence-corrected chi connectivity index (χ4v) is 2.59. The molecular formula is C22H24F3NO6. The number of amides is 1. The molecule has 0 saturated heterocycles. The minimum atomic E-state index is -4.88. The first-order valence-corrected chi connectivity index (χ1v) is 9.51. The van der Waals surface area contributed by atoms with Crippen molar-refractivity contribution in [2.24, 2.45) is 0 Å². The number of alkyl halides is 3. The van der Waals surface area contributed by atoms with Gasteiger partial charge >= 0.3 is 18.4 Å². The summed E-state index contributed by atoms with van der Waals surface area (Å²) >= 11 is 0. The van der Waals surface area contributed by atoms with Crippen LogP contribution in [0.5, 0.6) is 11.5 Å². The lowest BCUT2D eigenvalue weighted by molar-refractivity contribution is -0.274. The van der Waals surface area contributed by atoms with Gasteiger partial charge in [-0.3, -0.25) is 0 Å². The van der Waals surface area contributed by atoms with Crippen molar-refractivity contribution >= 4 is 12.1 Å². The van der Waals surface area contributed by atoms with Crippen molar-refractivity contribution in [1.29, 1.82) is 0 Å². The van der Waals surface area contributed by atoms with Gasteiger partial charge in [-0.05, 0) is 62.2 Å². The molecule has 10 heteroatoms. The maximum Gasteiger partial charge on any atom is 0.573 e. The average Bonchev–Trinajstić information content (AvgIpc) is 2.67. The zero-order chi connectivity index (χ0) is 23.9. The zero-order valence-electron chi connectivity index (χ0n) is 18.0. The van der Waals surface area contributed by atoms with Crippen molar-refractivity contribution in [2.75, 3.05) is 7.11 Å². The SMILES string of the molecule is COC(=O)c1cccc(OCc2cc(CNC(=O)OC(C)(C)C)cc(OC(F)(F)F)c2)c1. The summed E-state index contributed by atoms with van der Waals surface area (Å²) in [6, 6.07) is 10.1. The van der Waals surface area contributed by atoms with Crippen LogP contribution in [0.3, 0.4) is 0 Å². The smallest absolute Gasteiger partial charge is 0.489 e. The fraction of sp³-hybridized carbons (Fsp3) is 0.364. The largest absolute Gasteiger partial charge is 0.573 e. The normalized spacial score (nSPS) is 11.5. The van der Waals surface area contributed by atoms with Crippen LogP contribution in [0.4, 0.5) is 18.0 Å². The van der Waals surface area contributed by atoms with E-state index in [2.05, 4.69) is 14.8 Å². The zero-order valence-corrected chi connectivity index (χ0v) is 18.0.